The van der Waals surface area contributed by atoms with E-state index in [4.69, 9.17) is 0 Å². The smallest absolute Gasteiger partial charge is 0.0692 e. The van der Waals surface area contributed by atoms with Crippen molar-refractivity contribution in [1.82, 2.24) is 14.7 Å². The Morgan fingerprint density at radius 3 is 1.00 bits per heavy atom. The normalized spacial score (nSPS) is 14.9. The minimum absolute atomic E-state index is 0.255. The van der Waals surface area contributed by atoms with Crippen LogP contribution in [-0.2, 0) is 0 Å². The molecule has 0 radical (unpaired) electrons. The number of aliphatic hydroxyl groups is 4. The molecule has 0 aliphatic carbocycles. The van der Waals surface area contributed by atoms with Crippen molar-refractivity contribution in [3.8, 4) is 0 Å². The van der Waals surface area contributed by atoms with Crippen LogP contribution in [0.4, 0.5) is 0 Å². The van der Waals surface area contributed by atoms with Crippen molar-refractivity contribution >= 4 is 0 Å². The van der Waals surface area contributed by atoms with Crippen LogP contribution in [0.2, 0.25) is 0 Å². The van der Waals surface area contributed by atoms with Crippen molar-refractivity contribution in [2.75, 3.05) is 59.4 Å². The van der Waals surface area contributed by atoms with Gasteiger partial charge < -0.3 is 25.3 Å². The van der Waals surface area contributed by atoms with Gasteiger partial charge in [0.15, 0.2) is 0 Å². The van der Waals surface area contributed by atoms with Gasteiger partial charge in [-0.15, -0.1) is 0 Å². The van der Waals surface area contributed by atoms with Gasteiger partial charge in [-0.05, 0) is 38.6 Å². The van der Waals surface area contributed by atoms with Crippen molar-refractivity contribution in [3.63, 3.8) is 0 Å². The Morgan fingerprint density at radius 2 is 0.649 bits per heavy atom. The minimum atomic E-state index is -0.386. The summed E-state index contributed by atoms with van der Waals surface area (Å²) in [5.41, 5.74) is 0. The van der Waals surface area contributed by atoms with Crippen LogP contribution in [0.5, 0.6) is 0 Å². The van der Waals surface area contributed by atoms with Crippen LogP contribution in [-0.4, -0.2) is 119 Å². The van der Waals surface area contributed by atoms with E-state index in [1.54, 1.807) is 0 Å². The first-order chi connectivity index (χ1) is 27.7. The first kappa shape index (κ1) is 56.7. The molecule has 0 saturated carbocycles. The van der Waals surface area contributed by atoms with Crippen LogP contribution < -0.4 is 0 Å². The third-order valence-electron chi connectivity index (χ3n) is 12.6. The second-order valence-electron chi connectivity index (χ2n) is 18.6. The third kappa shape index (κ3) is 38.4. The van der Waals surface area contributed by atoms with E-state index >= 15 is 0 Å². The molecule has 344 valence electrons. The SMILES string of the molecule is CCCCCCCCCCCCC(O)CN(CCN(C)CCN(CC(O)CCCCCCCCCCC)CC(O)C(C)CCCCCCCCCC)CC(O)CC. The zero-order valence-electron chi connectivity index (χ0n) is 39.6. The Balaban J connectivity index is 4.93. The number of nitrogens with zero attached hydrogens (tertiary/aromatic N) is 3. The second-order valence-corrected chi connectivity index (χ2v) is 18.6. The van der Waals surface area contributed by atoms with Gasteiger partial charge in [-0.25, -0.2) is 0 Å². The number of rotatable bonds is 46. The predicted molar refractivity (Wildman–Crippen MR) is 249 cm³/mol. The zero-order valence-corrected chi connectivity index (χ0v) is 39.6. The average Bonchev–Trinajstić information content (AvgIpc) is 3.19. The molecule has 5 unspecified atom stereocenters. The van der Waals surface area contributed by atoms with Crippen LogP contribution in [0.1, 0.15) is 234 Å². The van der Waals surface area contributed by atoms with Gasteiger partial charge in [0, 0.05) is 52.4 Å². The van der Waals surface area contributed by atoms with Gasteiger partial charge in [0.2, 0.25) is 0 Å². The highest BCUT2D eigenvalue weighted by Gasteiger charge is 2.21. The Bertz CT molecular complexity index is 791. The van der Waals surface area contributed by atoms with Crippen molar-refractivity contribution in [1.29, 1.82) is 0 Å². The molecule has 0 aliphatic rings. The summed E-state index contributed by atoms with van der Waals surface area (Å²) in [7, 11) is 2.16. The van der Waals surface area contributed by atoms with E-state index in [9.17, 15) is 20.4 Å². The molecule has 0 bridgehead atoms. The monoisotopic (exact) mass is 812 g/mol. The van der Waals surface area contributed by atoms with E-state index in [1.165, 1.54) is 161 Å². The van der Waals surface area contributed by atoms with Gasteiger partial charge in [-0.3, -0.25) is 9.80 Å². The van der Waals surface area contributed by atoms with E-state index < -0.39 is 0 Å². The lowest BCUT2D eigenvalue weighted by Crippen LogP contribution is -2.45. The summed E-state index contributed by atoms with van der Waals surface area (Å²) in [5, 5.41) is 44.0. The van der Waals surface area contributed by atoms with Gasteiger partial charge in [-0.2, -0.15) is 0 Å². The van der Waals surface area contributed by atoms with E-state index in [0.29, 0.717) is 26.2 Å². The molecule has 0 rings (SSSR count). The summed E-state index contributed by atoms with van der Waals surface area (Å²) in [6.07, 6.45) is 37.0. The van der Waals surface area contributed by atoms with Gasteiger partial charge in [0.05, 0.1) is 24.4 Å². The molecule has 0 fully saturated rings. The number of unbranched alkanes of at least 4 members (excludes halogenated alkanes) is 24. The molecule has 0 aromatic heterocycles. The largest absolute Gasteiger partial charge is 0.392 e. The van der Waals surface area contributed by atoms with Crippen molar-refractivity contribution in [3.05, 3.63) is 0 Å². The summed E-state index contributed by atoms with van der Waals surface area (Å²) in [6, 6.07) is 0. The second kappa shape index (κ2) is 42.4. The minimum Gasteiger partial charge on any atom is -0.392 e. The van der Waals surface area contributed by atoms with Crippen LogP contribution >= 0.6 is 0 Å². The highest BCUT2D eigenvalue weighted by Crippen LogP contribution is 2.18. The topological polar surface area (TPSA) is 90.6 Å². The fraction of sp³-hybridized carbons (Fsp3) is 1.00. The molecule has 0 aromatic rings. The summed E-state index contributed by atoms with van der Waals surface area (Å²) < 4.78 is 0. The first-order valence-corrected chi connectivity index (χ1v) is 25.5. The summed E-state index contributed by atoms with van der Waals surface area (Å²) in [4.78, 5) is 6.92. The molecule has 0 amide bonds. The first-order valence-electron chi connectivity index (χ1n) is 25.5. The highest BCUT2D eigenvalue weighted by molar-refractivity contribution is 4.75. The third-order valence-corrected chi connectivity index (χ3v) is 12.6. The Kier molecular flexibility index (Phi) is 42.2. The summed E-state index contributed by atoms with van der Waals surface area (Å²) >= 11 is 0. The zero-order chi connectivity index (χ0) is 42.2. The molecule has 57 heavy (non-hydrogen) atoms. The molecular formula is C50H105N3O4. The maximum Gasteiger partial charge on any atom is 0.0692 e. The van der Waals surface area contributed by atoms with Gasteiger partial charge in [0.25, 0.3) is 0 Å². The van der Waals surface area contributed by atoms with Crippen molar-refractivity contribution in [2.24, 2.45) is 5.92 Å². The van der Waals surface area contributed by atoms with Crippen molar-refractivity contribution < 1.29 is 20.4 Å². The van der Waals surface area contributed by atoms with Crippen LogP contribution in [0.25, 0.3) is 0 Å². The van der Waals surface area contributed by atoms with Crippen molar-refractivity contribution in [2.45, 2.75) is 258 Å². The molecular weight excluding hydrogens is 707 g/mol. The number of aliphatic hydroxyl groups excluding tert-OH is 4. The quantitative estimate of drug-likeness (QED) is 0.0455. The standard InChI is InChI=1S/C50H105N3O4/c1-7-11-14-17-20-23-25-28-31-33-36-48(55)43-52(42-47(54)10-4)40-38-51(6)39-41-53(44-49(56)37-34-30-27-24-21-18-15-12-8-2)45-50(57)46(5)35-32-29-26-22-19-16-13-9-3/h46-50,54-57H,7-45H2,1-6H3. The summed E-state index contributed by atoms with van der Waals surface area (Å²) in [6.45, 7) is 16.8. The lowest BCUT2D eigenvalue weighted by Gasteiger charge is -2.32. The van der Waals surface area contributed by atoms with Gasteiger partial charge >= 0.3 is 0 Å². The Morgan fingerprint density at radius 1 is 0.351 bits per heavy atom. The number of hydrogen-bond donors (Lipinski definition) is 4. The lowest BCUT2D eigenvalue weighted by molar-refractivity contribution is 0.0348. The molecule has 0 aliphatic heterocycles. The summed E-state index contributed by atoms with van der Waals surface area (Å²) in [5.74, 6) is 0.255. The fourth-order valence-corrected chi connectivity index (χ4v) is 8.25. The predicted octanol–water partition coefficient (Wildman–Crippen LogP) is 11.8. The van der Waals surface area contributed by atoms with E-state index in [-0.39, 0.29) is 30.3 Å². The van der Waals surface area contributed by atoms with Crippen LogP contribution in [0, 0.1) is 5.92 Å². The molecule has 0 saturated heterocycles. The van der Waals surface area contributed by atoms with Crippen LogP contribution in [0.15, 0.2) is 0 Å². The average molecular weight is 812 g/mol. The Hall–Kier alpha value is -0.280. The fourth-order valence-electron chi connectivity index (χ4n) is 8.25. The molecule has 0 spiro atoms. The Labute approximate surface area is 357 Å². The van der Waals surface area contributed by atoms with Crippen LogP contribution in [0.3, 0.4) is 0 Å². The van der Waals surface area contributed by atoms with E-state index in [0.717, 1.165) is 64.7 Å². The van der Waals surface area contributed by atoms with E-state index in [1.807, 2.05) is 6.92 Å². The highest BCUT2D eigenvalue weighted by atomic mass is 16.3. The molecule has 0 aromatic carbocycles. The molecule has 0 heterocycles. The number of likely N-dealkylation sites (N-methyl/N-ethyl adjacent to an activating group) is 1. The van der Waals surface area contributed by atoms with E-state index in [2.05, 4.69) is 49.4 Å². The maximum absolute atomic E-state index is 11.3. The lowest BCUT2D eigenvalue weighted by atomic mass is 9.96. The molecule has 7 heteroatoms. The molecule has 5 atom stereocenters. The molecule has 7 nitrogen and oxygen atoms in total. The number of hydrogen-bond acceptors (Lipinski definition) is 7. The van der Waals surface area contributed by atoms with Gasteiger partial charge in [-0.1, -0.05) is 208 Å². The molecule has 4 N–H and O–H groups in total. The maximum atomic E-state index is 11.3. The van der Waals surface area contributed by atoms with Gasteiger partial charge in [0.1, 0.15) is 0 Å².